The molecule has 4 atom stereocenters. The number of ether oxygens (including phenoxy) is 1. The molecule has 6 nitrogen and oxygen atoms in total. The lowest BCUT2D eigenvalue weighted by Crippen LogP contribution is -2.56. The van der Waals surface area contributed by atoms with Gasteiger partial charge in [0, 0.05) is 11.4 Å². The van der Waals surface area contributed by atoms with Crippen molar-refractivity contribution in [2.75, 3.05) is 13.2 Å². The summed E-state index contributed by atoms with van der Waals surface area (Å²) in [4.78, 5) is 36.0. The van der Waals surface area contributed by atoms with E-state index in [0.717, 1.165) is 38.5 Å². The average Bonchev–Trinajstić information content (AvgIpc) is 2.49. The first kappa shape index (κ1) is 19.5. The molecule has 0 aromatic rings. The molecule has 0 radical (unpaired) electrons. The fourth-order valence-corrected chi connectivity index (χ4v) is 6.05. The summed E-state index contributed by atoms with van der Waals surface area (Å²) in [6, 6.07) is -0.554. The molecule has 3 amide bonds. The highest BCUT2D eigenvalue weighted by molar-refractivity contribution is 6.24. The molecule has 2 N–H and O–H groups in total. The maximum atomic E-state index is 12.7. The molecule has 0 aliphatic heterocycles. The van der Waals surface area contributed by atoms with E-state index in [1.165, 1.54) is 0 Å². The van der Waals surface area contributed by atoms with Crippen molar-refractivity contribution in [2.24, 2.45) is 23.2 Å². The second kappa shape index (κ2) is 7.37. The van der Waals surface area contributed by atoms with E-state index in [2.05, 4.69) is 24.5 Å². The Kier molecular flexibility index (Phi) is 5.52. The zero-order chi connectivity index (χ0) is 18.9. The minimum absolute atomic E-state index is 0.276. The van der Waals surface area contributed by atoms with Crippen LogP contribution >= 0.6 is 11.6 Å². The number of esters is 1. The number of amides is 3. The van der Waals surface area contributed by atoms with E-state index in [4.69, 9.17) is 16.3 Å². The third kappa shape index (κ3) is 4.33. The second-order valence-electron chi connectivity index (χ2n) is 8.95. The van der Waals surface area contributed by atoms with E-state index in [9.17, 15) is 14.4 Å². The predicted octanol–water partition coefficient (Wildman–Crippen LogP) is 2.98. The van der Waals surface area contributed by atoms with Crippen LogP contribution in [0.25, 0.3) is 0 Å². The van der Waals surface area contributed by atoms with Crippen LogP contribution in [0.15, 0.2) is 0 Å². The molecule has 4 aliphatic rings. The largest absolute Gasteiger partial charge is 0.455 e. The summed E-state index contributed by atoms with van der Waals surface area (Å²) in [6.45, 7) is 4.18. The highest BCUT2D eigenvalue weighted by Crippen LogP contribution is 2.64. The lowest BCUT2D eigenvalue weighted by Gasteiger charge is -2.58. The van der Waals surface area contributed by atoms with Crippen LogP contribution < -0.4 is 10.6 Å². The molecule has 0 saturated heterocycles. The zero-order valence-corrected chi connectivity index (χ0v) is 16.4. The Morgan fingerprint density at radius 2 is 1.81 bits per heavy atom. The second-order valence-corrected chi connectivity index (χ2v) is 9.76. The van der Waals surface area contributed by atoms with Gasteiger partial charge in [0.2, 0.25) is 0 Å². The summed E-state index contributed by atoms with van der Waals surface area (Å²) in [5.41, 5.74) is -0.536. The van der Waals surface area contributed by atoms with Crippen LogP contribution in [0.2, 0.25) is 0 Å². The molecule has 4 saturated carbocycles. The summed E-state index contributed by atoms with van der Waals surface area (Å²) in [5, 5.41) is 4.82. The topological polar surface area (TPSA) is 84.5 Å². The Morgan fingerprint density at radius 3 is 2.38 bits per heavy atom. The molecule has 0 spiro atoms. The van der Waals surface area contributed by atoms with E-state index in [0.29, 0.717) is 30.7 Å². The minimum atomic E-state index is -0.606. The SMILES string of the molecule is CC(C)CCNC(=O)NC(=O)COC(=O)C12C[C@@H]3C[C@@H](CC(Cl)(C3)C1)C2. The fraction of sp³-hybridized carbons (Fsp3) is 0.842. The van der Waals surface area contributed by atoms with Gasteiger partial charge in [-0.25, -0.2) is 4.79 Å². The van der Waals surface area contributed by atoms with Crippen molar-refractivity contribution in [3.63, 3.8) is 0 Å². The van der Waals surface area contributed by atoms with Crippen LogP contribution in [0.4, 0.5) is 4.79 Å². The molecule has 7 heteroatoms. The number of alkyl halides is 1. The molecule has 26 heavy (non-hydrogen) atoms. The molecule has 4 bridgehead atoms. The third-order valence-corrected chi connectivity index (χ3v) is 6.46. The molecule has 4 fully saturated rings. The van der Waals surface area contributed by atoms with Crippen LogP contribution in [-0.2, 0) is 14.3 Å². The van der Waals surface area contributed by atoms with E-state index < -0.39 is 24.0 Å². The first-order valence-corrected chi connectivity index (χ1v) is 10.0. The Bertz CT molecular complexity index is 578. The molecule has 4 aliphatic carbocycles. The summed E-state index contributed by atoms with van der Waals surface area (Å²) < 4.78 is 5.29. The number of carbonyl (C=O) groups is 3. The maximum Gasteiger partial charge on any atom is 0.321 e. The fourth-order valence-electron chi connectivity index (χ4n) is 5.36. The number of halogens is 1. The number of imide groups is 1. The minimum Gasteiger partial charge on any atom is -0.455 e. The Hall–Kier alpha value is -1.30. The quantitative estimate of drug-likeness (QED) is 0.544. The number of hydrogen-bond donors (Lipinski definition) is 2. The van der Waals surface area contributed by atoms with Crippen LogP contribution in [0.3, 0.4) is 0 Å². The third-order valence-electron chi connectivity index (χ3n) is 6.02. The van der Waals surface area contributed by atoms with Crippen molar-refractivity contribution in [3.8, 4) is 0 Å². The monoisotopic (exact) mass is 384 g/mol. The number of hydrogen-bond acceptors (Lipinski definition) is 4. The Balaban J connectivity index is 1.45. The summed E-state index contributed by atoms with van der Waals surface area (Å²) in [5.74, 6) is 0.513. The van der Waals surface area contributed by atoms with Crippen LogP contribution in [0.1, 0.15) is 58.8 Å². The molecule has 4 rings (SSSR count). The van der Waals surface area contributed by atoms with Crippen molar-refractivity contribution >= 4 is 29.5 Å². The summed E-state index contributed by atoms with van der Waals surface area (Å²) in [7, 11) is 0. The van der Waals surface area contributed by atoms with Gasteiger partial charge in [-0.05, 0) is 62.7 Å². The Labute approximate surface area is 159 Å². The van der Waals surface area contributed by atoms with Crippen molar-refractivity contribution in [1.82, 2.24) is 10.6 Å². The van der Waals surface area contributed by atoms with E-state index in [1.54, 1.807) is 0 Å². The van der Waals surface area contributed by atoms with Crippen LogP contribution in [-0.4, -0.2) is 35.9 Å². The summed E-state index contributed by atoms with van der Waals surface area (Å²) >= 11 is 6.73. The zero-order valence-electron chi connectivity index (χ0n) is 15.6. The standard InChI is InChI=1S/C19H29ClN2O4/c1-12(2)3-4-21-17(25)22-15(23)10-26-16(24)18-6-13-5-14(7-18)9-19(20,8-13)11-18/h12-14H,3-11H2,1-2H3,(H2,21,22,23,25)/t13-,14+,18?,19?. The van der Waals surface area contributed by atoms with Crippen LogP contribution in [0, 0.1) is 23.2 Å². The highest BCUT2D eigenvalue weighted by Gasteiger charge is 2.60. The van der Waals surface area contributed by atoms with Gasteiger partial charge in [0.15, 0.2) is 6.61 Å². The summed E-state index contributed by atoms with van der Waals surface area (Å²) in [6.07, 6.45) is 6.23. The smallest absolute Gasteiger partial charge is 0.321 e. The van der Waals surface area contributed by atoms with Gasteiger partial charge in [-0.2, -0.15) is 0 Å². The van der Waals surface area contributed by atoms with Gasteiger partial charge in [0.05, 0.1) is 5.41 Å². The predicted molar refractivity (Wildman–Crippen MR) is 97.7 cm³/mol. The molecule has 2 unspecified atom stereocenters. The van der Waals surface area contributed by atoms with Crippen LogP contribution in [0.5, 0.6) is 0 Å². The average molecular weight is 385 g/mol. The highest BCUT2D eigenvalue weighted by atomic mass is 35.5. The lowest BCUT2D eigenvalue weighted by molar-refractivity contribution is -0.171. The Morgan fingerprint density at radius 1 is 1.15 bits per heavy atom. The van der Waals surface area contributed by atoms with Crippen molar-refractivity contribution in [3.05, 3.63) is 0 Å². The first-order valence-electron chi connectivity index (χ1n) is 9.64. The van der Waals surface area contributed by atoms with E-state index in [-0.39, 0.29) is 10.8 Å². The molecule has 0 heterocycles. The van der Waals surface area contributed by atoms with Crippen molar-refractivity contribution < 1.29 is 19.1 Å². The molecule has 0 aromatic carbocycles. The number of urea groups is 1. The van der Waals surface area contributed by atoms with Gasteiger partial charge in [0.25, 0.3) is 5.91 Å². The normalized spacial score (nSPS) is 34.6. The number of carbonyl (C=O) groups excluding carboxylic acids is 3. The molecular formula is C19H29ClN2O4. The van der Waals surface area contributed by atoms with Crippen molar-refractivity contribution in [1.29, 1.82) is 0 Å². The van der Waals surface area contributed by atoms with Gasteiger partial charge in [0.1, 0.15) is 0 Å². The van der Waals surface area contributed by atoms with Gasteiger partial charge < -0.3 is 10.1 Å². The number of nitrogens with one attached hydrogen (secondary N) is 2. The van der Waals surface area contributed by atoms with Gasteiger partial charge in [-0.3, -0.25) is 14.9 Å². The number of rotatable bonds is 6. The molecule has 146 valence electrons. The van der Waals surface area contributed by atoms with E-state index >= 15 is 0 Å². The van der Waals surface area contributed by atoms with Crippen molar-refractivity contribution in [2.45, 2.75) is 63.7 Å². The van der Waals surface area contributed by atoms with Gasteiger partial charge >= 0.3 is 12.0 Å². The van der Waals surface area contributed by atoms with E-state index in [1.807, 2.05) is 0 Å². The maximum absolute atomic E-state index is 12.7. The van der Waals surface area contributed by atoms with Gasteiger partial charge in [-0.1, -0.05) is 13.8 Å². The lowest BCUT2D eigenvalue weighted by atomic mass is 9.49. The van der Waals surface area contributed by atoms with Gasteiger partial charge in [-0.15, -0.1) is 11.6 Å². The molecular weight excluding hydrogens is 356 g/mol. The first-order chi connectivity index (χ1) is 12.2. The molecule has 0 aromatic heterocycles.